The smallest absolute Gasteiger partial charge is 0.383 e. The summed E-state index contributed by atoms with van der Waals surface area (Å²) in [6.45, 7) is 3.62. The molecule has 0 aliphatic carbocycles. The zero-order chi connectivity index (χ0) is 27.0. The minimum Gasteiger partial charge on any atom is -0.383 e. The molecule has 3 N–H and O–H groups in total. The third-order valence-electron chi connectivity index (χ3n) is 6.49. The Balaban J connectivity index is 1.45. The summed E-state index contributed by atoms with van der Waals surface area (Å²) < 4.78 is 40.9. The second kappa shape index (κ2) is 9.79. The topological polar surface area (TPSA) is 102 Å². The molecule has 2 aromatic heterocycles. The molecule has 0 bridgehead atoms. The Labute approximate surface area is 216 Å². The third-order valence-corrected chi connectivity index (χ3v) is 6.49. The summed E-state index contributed by atoms with van der Waals surface area (Å²) in [5.74, 6) is 5.87. The Morgan fingerprint density at radius 2 is 1.97 bits per heavy atom. The zero-order valence-electron chi connectivity index (χ0n) is 20.7. The lowest BCUT2D eigenvalue weighted by Crippen LogP contribution is -2.17. The van der Waals surface area contributed by atoms with Crippen LogP contribution >= 0.6 is 0 Å². The summed E-state index contributed by atoms with van der Waals surface area (Å²) in [5, 5.41) is 7.81. The van der Waals surface area contributed by atoms with Gasteiger partial charge in [-0.05, 0) is 62.2 Å². The maximum atomic E-state index is 13.0. The molecule has 1 saturated heterocycles. The Bertz CT molecular complexity index is 1600. The molecule has 0 radical (unpaired) electrons. The van der Waals surface area contributed by atoms with Crippen LogP contribution in [-0.2, 0) is 6.18 Å². The average Bonchev–Trinajstić information content (AvgIpc) is 3.47. The number of hydrogen-bond acceptors (Lipinski definition) is 6. The van der Waals surface area contributed by atoms with Crippen LogP contribution in [-0.4, -0.2) is 50.7 Å². The molecule has 1 aliphatic rings. The lowest BCUT2D eigenvalue weighted by Gasteiger charge is -2.11. The number of benzene rings is 2. The SMILES string of the molecule is Cc1ccc(C(=O)Nc2cccc(C(F)(F)F)c2)cc1C#Cc1nn([C@@H]2CCN(C)C2)c2ncnc(N)c12. The van der Waals surface area contributed by atoms with Crippen molar-refractivity contribution in [2.24, 2.45) is 0 Å². The second-order valence-corrected chi connectivity index (χ2v) is 9.27. The molecule has 0 spiro atoms. The number of hydrogen-bond donors (Lipinski definition) is 2. The van der Waals surface area contributed by atoms with Gasteiger partial charge in [0.2, 0.25) is 0 Å². The summed E-state index contributed by atoms with van der Waals surface area (Å²) in [6.07, 6.45) is -2.18. The number of carbonyl (C=O) groups excluding carboxylic acids is 1. The molecule has 11 heteroatoms. The molecule has 8 nitrogen and oxygen atoms in total. The molecule has 194 valence electrons. The summed E-state index contributed by atoms with van der Waals surface area (Å²) >= 11 is 0. The van der Waals surface area contributed by atoms with E-state index in [4.69, 9.17) is 10.8 Å². The number of rotatable bonds is 3. The van der Waals surface area contributed by atoms with Crippen LogP contribution in [0, 0.1) is 18.8 Å². The van der Waals surface area contributed by atoms with E-state index in [1.54, 1.807) is 18.2 Å². The lowest BCUT2D eigenvalue weighted by atomic mass is 10.0. The van der Waals surface area contributed by atoms with E-state index in [1.807, 2.05) is 11.6 Å². The number of alkyl halides is 3. The highest BCUT2D eigenvalue weighted by molar-refractivity contribution is 6.04. The van der Waals surface area contributed by atoms with Crippen molar-refractivity contribution in [1.82, 2.24) is 24.6 Å². The van der Waals surface area contributed by atoms with E-state index >= 15 is 0 Å². The number of anilines is 2. The standard InChI is InChI=1S/C27H24F3N7O/c1-16-6-7-18(26(38)34-20-5-3-4-19(13-20)27(28,29)30)12-17(16)8-9-22-23-24(31)32-15-33-25(23)37(35-22)21-10-11-36(2)14-21/h3-7,12-13,15,21H,10-11,14H2,1-2H3,(H,34,38)(H2,31,32,33)/t21-/m1/s1. The van der Waals surface area contributed by atoms with Crippen LogP contribution in [0.15, 0.2) is 48.8 Å². The number of fused-ring (bicyclic) bond motifs is 1. The van der Waals surface area contributed by atoms with Crippen molar-refractivity contribution in [3.05, 3.63) is 76.7 Å². The van der Waals surface area contributed by atoms with Gasteiger partial charge in [0.15, 0.2) is 5.65 Å². The quantitative estimate of drug-likeness (QED) is 0.392. The molecule has 1 fully saturated rings. The molecule has 1 aliphatic heterocycles. The van der Waals surface area contributed by atoms with Crippen LogP contribution in [0.3, 0.4) is 0 Å². The van der Waals surface area contributed by atoms with Gasteiger partial charge in [0.05, 0.1) is 17.0 Å². The van der Waals surface area contributed by atoms with Gasteiger partial charge in [-0.3, -0.25) is 4.79 Å². The van der Waals surface area contributed by atoms with E-state index in [-0.39, 0.29) is 23.1 Å². The van der Waals surface area contributed by atoms with E-state index < -0.39 is 17.6 Å². The van der Waals surface area contributed by atoms with E-state index in [1.165, 1.54) is 18.5 Å². The minimum atomic E-state index is -4.51. The summed E-state index contributed by atoms with van der Waals surface area (Å²) in [6, 6.07) is 9.54. The Kier molecular flexibility index (Phi) is 6.50. The van der Waals surface area contributed by atoms with E-state index in [0.29, 0.717) is 22.3 Å². The number of halogens is 3. The van der Waals surface area contributed by atoms with Crippen molar-refractivity contribution in [2.45, 2.75) is 25.6 Å². The number of carbonyl (C=O) groups is 1. The van der Waals surface area contributed by atoms with Crippen LogP contribution < -0.4 is 11.1 Å². The van der Waals surface area contributed by atoms with Gasteiger partial charge >= 0.3 is 6.18 Å². The molecule has 38 heavy (non-hydrogen) atoms. The molecule has 3 heterocycles. The molecule has 1 atom stereocenters. The molecule has 5 rings (SSSR count). The van der Waals surface area contributed by atoms with Gasteiger partial charge in [0.25, 0.3) is 5.91 Å². The van der Waals surface area contributed by atoms with Gasteiger partial charge in [-0.25, -0.2) is 14.6 Å². The van der Waals surface area contributed by atoms with Gasteiger partial charge in [-0.15, -0.1) is 0 Å². The fourth-order valence-electron chi connectivity index (χ4n) is 4.45. The first-order valence-corrected chi connectivity index (χ1v) is 11.9. The summed E-state index contributed by atoms with van der Waals surface area (Å²) in [7, 11) is 2.05. The predicted octanol–water partition coefficient (Wildman–Crippen LogP) is 4.26. The van der Waals surface area contributed by atoms with Gasteiger partial charge in [0.1, 0.15) is 17.8 Å². The highest BCUT2D eigenvalue weighted by atomic mass is 19.4. The van der Waals surface area contributed by atoms with E-state index in [2.05, 4.69) is 39.1 Å². The second-order valence-electron chi connectivity index (χ2n) is 9.27. The fraction of sp³-hybridized carbons (Fsp3) is 0.259. The van der Waals surface area contributed by atoms with Gasteiger partial charge < -0.3 is 16.0 Å². The summed E-state index contributed by atoms with van der Waals surface area (Å²) in [5.41, 5.74) is 8.06. The number of nitrogen functional groups attached to an aromatic ring is 1. The highest BCUT2D eigenvalue weighted by Crippen LogP contribution is 2.31. The first-order chi connectivity index (χ1) is 18.1. The third kappa shape index (κ3) is 5.03. The van der Waals surface area contributed by atoms with Crippen LogP contribution in [0.5, 0.6) is 0 Å². The Morgan fingerprint density at radius 3 is 2.71 bits per heavy atom. The predicted molar refractivity (Wildman–Crippen MR) is 137 cm³/mol. The largest absolute Gasteiger partial charge is 0.416 e. The number of amides is 1. The van der Waals surface area contributed by atoms with E-state index in [9.17, 15) is 18.0 Å². The first kappa shape index (κ1) is 25.2. The van der Waals surface area contributed by atoms with Crippen molar-refractivity contribution < 1.29 is 18.0 Å². The molecule has 0 saturated carbocycles. The van der Waals surface area contributed by atoms with Crippen molar-refractivity contribution in [3.63, 3.8) is 0 Å². The number of nitrogens with one attached hydrogen (secondary N) is 1. The number of nitrogens with two attached hydrogens (primary N) is 1. The first-order valence-electron chi connectivity index (χ1n) is 11.9. The number of aryl methyl sites for hydroxylation is 1. The van der Waals surface area contributed by atoms with Crippen LogP contribution in [0.25, 0.3) is 11.0 Å². The van der Waals surface area contributed by atoms with E-state index in [0.717, 1.165) is 37.2 Å². The minimum absolute atomic E-state index is 0.0445. The van der Waals surface area contributed by atoms with Gasteiger partial charge in [-0.2, -0.15) is 18.3 Å². The molecule has 4 aromatic rings. The Hall–Kier alpha value is -4.43. The maximum absolute atomic E-state index is 13.0. The van der Waals surface area contributed by atoms with Gasteiger partial charge in [-0.1, -0.05) is 18.1 Å². The van der Waals surface area contributed by atoms with Crippen molar-refractivity contribution in [1.29, 1.82) is 0 Å². The lowest BCUT2D eigenvalue weighted by molar-refractivity contribution is -0.137. The summed E-state index contributed by atoms with van der Waals surface area (Å²) in [4.78, 5) is 23.5. The number of aromatic nitrogens is 4. The van der Waals surface area contributed by atoms with Gasteiger partial charge in [0, 0.05) is 29.9 Å². The normalized spacial score (nSPS) is 15.9. The van der Waals surface area contributed by atoms with Crippen molar-refractivity contribution in [2.75, 3.05) is 31.2 Å². The van der Waals surface area contributed by atoms with Crippen LogP contribution in [0.2, 0.25) is 0 Å². The molecule has 1 amide bonds. The molecule has 2 aromatic carbocycles. The van der Waals surface area contributed by atoms with Crippen LogP contribution in [0.4, 0.5) is 24.7 Å². The highest BCUT2D eigenvalue weighted by Gasteiger charge is 2.30. The fourth-order valence-corrected chi connectivity index (χ4v) is 4.45. The Morgan fingerprint density at radius 1 is 1.16 bits per heavy atom. The number of likely N-dealkylation sites (N-methyl/N-ethyl adjacent to an activating group) is 1. The van der Waals surface area contributed by atoms with Crippen molar-refractivity contribution in [3.8, 4) is 11.8 Å². The molecular formula is C27H24F3N7O. The van der Waals surface area contributed by atoms with Crippen LogP contribution in [0.1, 0.15) is 45.2 Å². The maximum Gasteiger partial charge on any atom is 0.416 e. The van der Waals surface area contributed by atoms with Crippen molar-refractivity contribution >= 4 is 28.4 Å². The number of nitrogens with zero attached hydrogens (tertiary/aromatic N) is 5. The molecular weight excluding hydrogens is 495 g/mol. The monoisotopic (exact) mass is 519 g/mol. The zero-order valence-corrected chi connectivity index (χ0v) is 20.7. The number of likely N-dealkylation sites (tertiary alicyclic amines) is 1. The molecule has 0 unspecified atom stereocenters. The average molecular weight is 520 g/mol.